The van der Waals surface area contributed by atoms with Crippen molar-refractivity contribution in [2.45, 2.75) is 32.4 Å². The van der Waals surface area contributed by atoms with Gasteiger partial charge in [0.05, 0.1) is 17.1 Å². The fourth-order valence-corrected chi connectivity index (χ4v) is 3.69. The number of hydrogen-bond acceptors (Lipinski definition) is 4. The lowest BCUT2D eigenvalue weighted by molar-refractivity contribution is 0.175. The Balaban J connectivity index is 1.54. The molecule has 0 N–H and O–H groups in total. The molecule has 2 aromatic carbocycles. The van der Waals surface area contributed by atoms with Crippen LogP contribution < -0.4 is 0 Å². The van der Waals surface area contributed by atoms with Crippen molar-refractivity contribution in [2.75, 3.05) is 6.54 Å². The molecule has 0 amide bonds. The number of nitrogens with zero attached hydrogens (tertiary/aromatic N) is 3. The van der Waals surface area contributed by atoms with Gasteiger partial charge in [-0.1, -0.05) is 53.5 Å². The van der Waals surface area contributed by atoms with Crippen LogP contribution in [0.5, 0.6) is 0 Å². The van der Waals surface area contributed by atoms with Crippen molar-refractivity contribution in [3.05, 3.63) is 70.0 Å². The van der Waals surface area contributed by atoms with Crippen LogP contribution in [0, 0.1) is 5.92 Å². The normalized spacial score (nSPS) is 15.3. The third-order valence-corrected chi connectivity index (χ3v) is 5.53. The van der Waals surface area contributed by atoms with E-state index in [-0.39, 0.29) is 6.04 Å². The molecular formula is C21H21Cl2N3O. The van der Waals surface area contributed by atoms with Gasteiger partial charge in [0, 0.05) is 17.6 Å². The summed E-state index contributed by atoms with van der Waals surface area (Å²) in [7, 11) is 0. The summed E-state index contributed by atoms with van der Waals surface area (Å²) in [4.78, 5) is 2.41. The van der Waals surface area contributed by atoms with Crippen molar-refractivity contribution >= 4 is 23.2 Å². The summed E-state index contributed by atoms with van der Waals surface area (Å²) in [6.07, 6.45) is 2.60. The maximum Gasteiger partial charge on any atom is 0.249 e. The highest BCUT2D eigenvalue weighted by Gasteiger charge is 2.28. The summed E-state index contributed by atoms with van der Waals surface area (Å²) < 4.78 is 5.92. The molecule has 27 heavy (non-hydrogen) atoms. The van der Waals surface area contributed by atoms with Gasteiger partial charge in [0.2, 0.25) is 11.8 Å². The monoisotopic (exact) mass is 401 g/mol. The second kappa shape index (κ2) is 8.01. The first-order valence-corrected chi connectivity index (χ1v) is 9.92. The van der Waals surface area contributed by atoms with E-state index in [1.807, 2.05) is 6.07 Å². The first-order chi connectivity index (χ1) is 13.1. The molecule has 0 spiro atoms. The van der Waals surface area contributed by atoms with Gasteiger partial charge >= 0.3 is 0 Å². The fourth-order valence-electron chi connectivity index (χ4n) is 3.20. The Morgan fingerprint density at radius 2 is 1.89 bits per heavy atom. The van der Waals surface area contributed by atoms with E-state index in [2.05, 4.69) is 46.3 Å². The fraction of sp³-hybridized carbons (Fsp3) is 0.333. The van der Waals surface area contributed by atoms with Gasteiger partial charge in [0.25, 0.3) is 0 Å². The molecular weight excluding hydrogens is 381 g/mol. The SMILES string of the molecule is CC(c1ccccc1)N(Cc1nnc(-c2ccc(Cl)cc2Cl)o1)CC1CC1. The van der Waals surface area contributed by atoms with Gasteiger partial charge in [0.15, 0.2) is 0 Å². The molecule has 1 unspecified atom stereocenters. The molecule has 6 heteroatoms. The molecule has 4 nitrogen and oxygen atoms in total. The maximum atomic E-state index is 6.26. The minimum absolute atomic E-state index is 0.279. The number of benzene rings is 2. The predicted molar refractivity (Wildman–Crippen MR) is 108 cm³/mol. The Kier molecular flexibility index (Phi) is 5.48. The van der Waals surface area contributed by atoms with Crippen molar-refractivity contribution in [2.24, 2.45) is 5.92 Å². The van der Waals surface area contributed by atoms with Crippen molar-refractivity contribution in [3.63, 3.8) is 0 Å². The Bertz CT molecular complexity index is 909. The van der Waals surface area contributed by atoms with E-state index in [1.165, 1.54) is 18.4 Å². The van der Waals surface area contributed by atoms with Crippen LogP contribution in [-0.2, 0) is 6.54 Å². The summed E-state index contributed by atoms with van der Waals surface area (Å²) >= 11 is 12.2. The first kappa shape index (κ1) is 18.5. The number of rotatable bonds is 7. The third kappa shape index (κ3) is 4.52. The van der Waals surface area contributed by atoms with E-state index in [0.29, 0.717) is 33.9 Å². The largest absolute Gasteiger partial charge is 0.419 e. The zero-order chi connectivity index (χ0) is 18.8. The lowest BCUT2D eigenvalue weighted by Crippen LogP contribution is -2.29. The van der Waals surface area contributed by atoms with Crippen LogP contribution in [0.25, 0.3) is 11.5 Å². The van der Waals surface area contributed by atoms with E-state index in [9.17, 15) is 0 Å². The van der Waals surface area contributed by atoms with Crippen LogP contribution in [-0.4, -0.2) is 21.6 Å². The predicted octanol–water partition coefficient (Wildman–Crippen LogP) is 6.02. The smallest absolute Gasteiger partial charge is 0.249 e. The molecule has 1 heterocycles. The molecule has 4 rings (SSSR count). The molecule has 140 valence electrons. The van der Waals surface area contributed by atoms with Gasteiger partial charge in [0.1, 0.15) is 0 Å². The number of hydrogen-bond donors (Lipinski definition) is 0. The molecule has 3 aromatic rings. The van der Waals surface area contributed by atoms with E-state index in [0.717, 1.165) is 12.5 Å². The van der Waals surface area contributed by atoms with Crippen LogP contribution >= 0.6 is 23.2 Å². The highest BCUT2D eigenvalue weighted by Crippen LogP contribution is 2.34. The first-order valence-electron chi connectivity index (χ1n) is 9.17. The van der Waals surface area contributed by atoms with Gasteiger partial charge in [-0.3, -0.25) is 4.90 Å². The standard InChI is InChI=1S/C21H21Cl2N3O/c1-14(16-5-3-2-4-6-16)26(12-15-7-8-15)13-20-24-25-21(27-20)18-10-9-17(22)11-19(18)23/h2-6,9-11,14-15H,7-8,12-13H2,1H3. The van der Waals surface area contributed by atoms with Crippen LogP contribution in [0.3, 0.4) is 0 Å². The molecule has 1 aliphatic carbocycles. The van der Waals surface area contributed by atoms with Crippen LogP contribution in [0.15, 0.2) is 52.9 Å². The van der Waals surface area contributed by atoms with Crippen LogP contribution in [0.4, 0.5) is 0 Å². The number of halogens is 2. The molecule has 0 saturated heterocycles. The minimum atomic E-state index is 0.279. The lowest BCUT2D eigenvalue weighted by Gasteiger charge is -2.28. The zero-order valence-corrected chi connectivity index (χ0v) is 16.6. The third-order valence-electron chi connectivity index (χ3n) is 4.99. The van der Waals surface area contributed by atoms with Crippen molar-refractivity contribution in [3.8, 4) is 11.5 Å². The van der Waals surface area contributed by atoms with Gasteiger partial charge in [-0.05, 0) is 49.4 Å². The average Bonchev–Trinajstić information content (AvgIpc) is 3.37. The van der Waals surface area contributed by atoms with Gasteiger partial charge in [-0.2, -0.15) is 0 Å². The number of aromatic nitrogens is 2. The summed E-state index contributed by atoms with van der Waals surface area (Å²) in [6, 6.07) is 16.1. The van der Waals surface area contributed by atoms with Crippen molar-refractivity contribution in [1.29, 1.82) is 0 Å². The Morgan fingerprint density at radius 3 is 2.59 bits per heavy atom. The van der Waals surface area contributed by atoms with Crippen LogP contribution in [0.2, 0.25) is 10.0 Å². The second-order valence-electron chi connectivity index (χ2n) is 7.08. The molecule has 0 bridgehead atoms. The molecule has 1 aromatic heterocycles. The minimum Gasteiger partial charge on any atom is -0.419 e. The Morgan fingerprint density at radius 1 is 1.11 bits per heavy atom. The molecule has 0 aliphatic heterocycles. The van der Waals surface area contributed by atoms with E-state index >= 15 is 0 Å². The van der Waals surface area contributed by atoms with Gasteiger partial charge in [-0.15, -0.1) is 10.2 Å². The average molecular weight is 402 g/mol. The van der Waals surface area contributed by atoms with Crippen molar-refractivity contribution < 1.29 is 4.42 Å². The molecule has 1 aliphatic rings. The summed E-state index contributed by atoms with van der Waals surface area (Å²) in [5.41, 5.74) is 1.99. The maximum absolute atomic E-state index is 6.26. The summed E-state index contributed by atoms with van der Waals surface area (Å²) in [6.45, 7) is 3.88. The van der Waals surface area contributed by atoms with Crippen LogP contribution in [0.1, 0.15) is 37.3 Å². The quantitative estimate of drug-likeness (QED) is 0.485. The molecule has 1 saturated carbocycles. The highest BCUT2D eigenvalue weighted by atomic mass is 35.5. The summed E-state index contributed by atoms with van der Waals surface area (Å²) in [5, 5.41) is 9.52. The Hall–Kier alpha value is -1.88. The zero-order valence-electron chi connectivity index (χ0n) is 15.1. The molecule has 1 fully saturated rings. The highest BCUT2D eigenvalue weighted by molar-refractivity contribution is 6.36. The van der Waals surface area contributed by atoms with Crippen molar-refractivity contribution in [1.82, 2.24) is 15.1 Å². The topological polar surface area (TPSA) is 42.2 Å². The van der Waals surface area contributed by atoms with E-state index in [4.69, 9.17) is 27.6 Å². The lowest BCUT2D eigenvalue weighted by atomic mass is 10.1. The molecule has 1 atom stereocenters. The van der Waals surface area contributed by atoms with E-state index < -0.39 is 0 Å². The molecule has 0 radical (unpaired) electrons. The summed E-state index contributed by atoms with van der Waals surface area (Å²) in [5.74, 6) is 1.79. The Labute approximate surface area is 169 Å². The van der Waals surface area contributed by atoms with Gasteiger partial charge < -0.3 is 4.42 Å². The van der Waals surface area contributed by atoms with E-state index in [1.54, 1.807) is 18.2 Å². The van der Waals surface area contributed by atoms with Gasteiger partial charge in [-0.25, -0.2) is 0 Å². The second-order valence-corrected chi connectivity index (χ2v) is 7.93.